The van der Waals surface area contributed by atoms with Gasteiger partial charge in [-0.15, -0.1) is 0 Å². The summed E-state index contributed by atoms with van der Waals surface area (Å²) in [4.78, 5) is 9.38. The summed E-state index contributed by atoms with van der Waals surface area (Å²) < 4.78 is 0. The molecule has 80 heavy (non-hydrogen) atoms. The molecule has 1 aliphatic carbocycles. The van der Waals surface area contributed by atoms with E-state index < -0.39 is 0 Å². The quantitative estimate of drug-likeness (QED) is 0.101. The lowest BCUT2D eigenvalue weighted by atomic mass is 10.0. The number of aryl methyl sites for hydroxylation is 4. The highest BCUT2D eigenvalue weighted by Crippen LogP contribution is 2.42. The molecule has 0 atom stereocenters. The maximum atomic E-state index is 2.38. The van der Waals surface area contributed by atoms with E-state index in [0.29, 0.717) is 0 Å². The first kappa shape index (κ1) is 50.9. The zero-order valence-corrected chi connectivity index (χ0v) is 45.9. The van der Waals surface area contributed by atoms with Crippen molar-refractivity contribution in [2.24, 2.45) is 0 Å². The molecule has 0 bridgehead atoms. The van der Waals surface area contributed by atoms with Crippen LogP contribution in [-0.2, 0) is 0 Å². The van der Waals surface area contributed by atoms with E-state index in [4.69, 9.17) is 0 Å². The Morgan fingerprint density at radius 1 is 0.225 bits per heavy atom. The third kappa shape index (κ3) is 11.1. The maximum absolute atomic E-state index is 2.38. The van der Waals surface area contributed by atoms with Gasteiger partial charge >= 0.3 is 0 Å². The monoisotopic (exact) mass is 1030 g/mol. The topological polar surface area (TPSA) is 13.0 Å². The molecule has 0 heterocycles. The van der Waals surface area contributed by atoms with Gasteiger partial charge in [0.05, 0.1) is 0 Å². The molecule has 0 N–H and O–H groups in total. The summed E-state index contributed by atoms with van der Waals surface area (Å²) in [5.74, 6) is 0. The first-order chi connectivity index (χ1) is 39.3. The summed E-state index contributed by atoms with van der Waals surface area (Å²) in [6.45, 7) is 8.60. The molecule has 1 aliphatic rings. The van der Waals surface area contributed by atoms with Crippen LogP contribution in [0.3, 0.4) is 0 Å². The molecule has 0 saturated carbocycles. The first-order valence-electron chi connectivity index (χ1n) is 27.8. The average Bonchev–Trinajstić information content (AvgIpc) is 3.50. The Labute approximate surface area is 472 Å². The third-order valence-electron chi connectivity index (χ3n) is 15.0. The molecule has 0 spiro atoms. The minimum Gasteiger partial charge on any atom is -0.311 e. The fourth-order valence-electron chi connectivity index (χ4n) is 11.0. The van der Waals surface area contributed by atoms with Crippen molar-refractivity contribution >= 4 is 62.6 Å². The minimum absolute atomic E-state index is 1.01. The van der Waals surface area contributed by atoms with Gasteiger partial charge in [0.15, 0.2) is 0 Å². The van der Waals surface area contributed by atoms with Gasteiger partial charge in [0, 0.05) is 68.3 Å². The fourth-order valence-corrected chi connectivity index (χ4v) is 11.0. The molecule has 0 radical (unpaired) electrons. The van der Waals surface area contributed by atoms with Gasteiger partial charge in [0.1, 0.15) is 0 Å². The van der Waals surface area contributed by atoms with Gasteiger partial charge in [-0.05, 0) is 236 Å². The molecule has 0 aliphatic heterocycles. The maximum Gasteiger partial charge on any atom is 0.0464 e. The Kier molecular flexibility index (Phi) is 14.6. The lowest BCUT2D eigenvalue weighted by Crippen LogP contribution is -2.16. The van der Waals surface area contributed by atoms with Crippen molar-refractivity contribution < 1.29 is 0 Å². The lowest BCUT2D eigenvalue weighted by molar-refractivity contribution is 0.997. The highest BCUT2D eigenvalue weighted by Gasteiger charge is 2.19. The van der Waals surface area contributed by atoms with Crippen molar-refractivity contribution in [2.45, 2.75) is 40.5 Å². The Balaban J connectivity index is 0.772. The predicted molar refractivity (Wildman–Crippen MR) is 341 cm³/mol. The zero-order valence-electron chi connectivity index (χ0n) is 45.9. The van der Waals surface area contributed by atoms with Gasteiger partial charge in [-0.25, -0.2) is 0 Å². The number of allylic oxidation sites excluding steroid dienone is 3. The van der Waals surface area contributed by atoms with E-state index in [2.05, 4.69) is 339 Å². The van der Waals surface area contributed by atoms with Crippen LogP contribution in [0.25, 0.3) is 33.4 Å². The van der Waals surface area contributed by atoms with Gasteiger partial charge in [0.2, 0.25) is 0 Å². The molecule has 0 saturated heterocycles. The van der Waals surface area contributed by atoms with E-state index in [1.54, 1.807) is 0 Å². The second-order valence-corrected chi connectivity index (χ2v) is 20.9. The van der Waals surface area contributed by atoms with Crippen LogP contribution in [-0.4, -0.2) is 0 Å². The number of nitrogens with zero attached hydrogens (tertiary/aromatic N) is 4. The normalized spacial score (nSPS) is 11.9. The van der Waals surface area contributed by atoms with Crippen molar-refractivity contribution in [3.8, 4) is 33.4 Å². The molecular formula is C76H64N4. The molecule has 11 aromatic rings. The van der Waals surface area contributed by atoms with Gasteiger partial charge in [-0.2, -0.15) is 0 Å². The molecular weight excluding hydrogens is 969 g/mol. The van der Waals surface area contributed by atoms with E-state index >= 15 is 0 Å². The largest absolute Gasteiger partial charge is 0.311 e. The molecule has 0 aromatic heterocycles. The highest BCUT2D eigenvalue weighted by molar-refractivity contribution is 5.84. The molecule has 388 valence electrons. The van der Waals surface area contributed by atoms with E-state index in [0.717, 1.165) is 92.1 Å². The summed E-state index contributed by atoms with van der Waals surface area (Å²) in [6, 6.07) is 99.3. The van der Waals surface area contributed by atoms with Crippen LogP contribution in [0.2, 0.25) is 0 Å². The number of benzene rings is 11. The van der Waals surface area contributed by atoms with Crippen molar-refractivity contribution in [1.82, 2.24) is 0 Å². The van der Waals surface area contributed by atoms with E-state index in [9.17, 15) is 0 Å². The third-order valence-corrected chi connectivity index (χ3v) is 15.0. The standard InChI is InChI=1S/C76H64N4/c1-55-15-11-23-73(51-55)79(74-24-12-16-56(2)52-74)71-47-35-63(36-48-71)61-31-43-69(44-32-61)77(65-19-7-5-8-20-65)67-39-27-59(28-40-67)60-29-41-68(42-30-60)78(66-21-9-6-10-22-66)70-45-33-62(34-46-70)64-37-49-72(50-38-64)80(75-25-13-17-57(3)53-75)76-26-14-18-58(4)54-76/h5,7-9,11-54H,6,10H2,1-4H3. The Morgan fingerprint density at radius 3 is 0.738 bits per heavy atom. The SMILES string of the molecule is Cc1cccc(N(c2ccc(-c3ccc(N(C4=CCCC=C4)c4ccc(-c5ccc(N(c6ccccc6)c6ccc(-c7ccc(N(c8cccc(C)c8)c8cccc(C)c8)cc7)cc6)cc5)cc4)cc3)cc2)c2cccc(C)c2)c1. The summed E-state index contributed by atoms with van der Waals surface area (Å²) >= 11 is 0. The smallest absolute Gasteiger partial charge is 0.0464 e. The predicted octanol–water partition coefficient (Wildman–Crippen LogP) is 21.7. The molecule has 12 rings (SSSR count). The average molecular weight is 1030 g/mol. The summed E-state index contributed by atoms with van der Waals surface area (Å²) in [5, 5.41) is 0. The van der Waals surface area contributed by atoms with Gasteiger partial charge < -0.3 is 19.6 Å². The Morgan fingerprint density at radius 2 is 0.475 bits per heavy atom. The van der Waals surface area contributed by atoms with Gasteiger partial charge in [-0.1, -0.05) is 152 Å². The van der Waals surface area contributed by atoms with Crippen molar-refractivity contribution in [3.05, 3.63) is 319 Å². The Hall–Kier alpha value is -9.90. The number of hydrogen-bond donors (Lipinski definition) is 0. The Bertz CT molecular complexity index is 3860. The fraction of sp³-hybridized carbons (Fsp3) is 0.0789. The van der Waals surface area contributed by atoms with Crippen LogP contribution in [0, 0.1) is 27.7 Å². The highest BCUT2D eigenvalue weighted by atomic mass is 15.2. The molecule has 4 heteroatoms. The van der Waals surface area contributed by atoms with Crippen LogP contribution < -0.4 is 19.6 Å². The second kappa shape index (κ2) is 23.0. The van der Waals surface area contributed by atoms with Crippen molar-refractivity contribution in [2.75, 3.05) is 19.6 Å². The van der Waals surface area contributed by atoms with Gasteiger partial charge in [-0.3, -0.25) is 0 Å². The van der Waals surface area contributed by atoms with Crippen LogP contribution in [0.4, 0.5) is 62.6 Å². The summed E-state index contributed by atoms with van der Waals surface area (Å²) in [5.41, 5.74) is 25.5. The first-order valence-corrected chi connectivity index (χ1v) is 27.8. The van der Waals surface area contributed by atoms with Crippen LogP contribution in [0.1, 0.15) is 35.1 Å². The van der Waals surface area contributed by atoms with E-state index in [-0.39, 0.29) is 0 Å². The molecule has 11 aromatic carbocycles. The van der Waals surface area contributed by atoms with Crippen LogP contribution in [0.5, 0.6) is 0 Å². The second-order valence-electron chi connectivity index (χ2n) is 20.9. The number of rotatable bonds is 15. The lowest BCUT2D eigenvalue weighted by Gasteiger charge is -2.28. The number of para-hydroxylation sites is 1. The van der Waals surface area contributed by atoms with Crippen molar-refractivity contribution in [3.63, 3.8) is 0 Å². The molecule has 0 unspecified atom stereocenters. The number of hydrogen-bond acceptors (Lipinski definition) is 4. The summed E-state index contributed by atoms with van der Waals surface area (Å²) in [6.07, 6.45) is 8.96. The molecule has 4 nitrogen and oxygen atoms in total. The van der Waals surface area contributed by atoms with Crippen LogP contribution in [0.15, 0.2) is 297 Å². The molecule has 0 amide bonds. The van der Waals surface area contributed by atoms with Gasteiger partial charge in [0.25, 0.3) is 0 Å². The van der Waals surface area contributed by atoms with E-state index in [1.807, 2.05) is 0 Å². The zero-order chi connectivity index (χ0) is 54.4. The minimum atomic E-state index is 1.01. The molecule has 0 fully saturated rings. The van der Waals surface area contributed by atoms with Crippen LogP contribution >= 0.6 is 0 Å². The van der Waals surface area contributed by atoms with Crippen molar-refractivity contribution in [1.29, 1.82) is 0 Å². The van der Waals surface area contributed by atoms with E-state index in [1.165, 1.54) is 44.6 Å². The summed E-state index contributed by atoms with van der Waals surface area (Å²) in [7, 11) is 0. The number of anilines is 11.